The van der Waals surface area contributed by atoms with Crippen molar-refractivity contribution in [2.24, 2.45) is 5.73 Å². The lowest BCUT2D eigenvalue weighted by Gasteiger charge is -2.11. The van der Waals surface area contributed by atoms with Crippen LogP contribution in [0.15, 0.2) is 78.9 Å². The summed E-state index contributed by atoms with van der Waals surface area (Å²) in [6, 6.07) is 25.9. The summed E-state index contributed by atoms with van der Waals surface area (Å²) in [5.74, 6) is 0.293. The number of carbonyl (C=O) groups excluding carboxylic acids is 1. The van der Waals surface area contributed by atoms with Crippen LogP contribution in [-0.4, -0.2) is 11.4 Å². The lowest BCUT2D eigenvalue weighted by atomic mass is 10.0. The van der Waals surface area contributed by atoms with Crippen molar-refractivity contribution in [3.05, 3.63) is 90.0 Å². The summed E-state index contributed by atoms with van der Waals surface area (Å²) >= 11 is 0. The smallest absolute Gasteiger partial charge is 0.255 e. The van der Waals surface area contributed by atoms with Gasteiger partial charge < -0.3 is 11.1 Å². The summed E-state index contributed by atoms with van der Waals surface area (Å²) in [6.45, 7) is 2.13. The largest absolute Gasteiger partial charge is 0.325 e. The van der Waals surface area contributed by atoms with Crippen molar-refractivity contribution >= 4 is 24.0 Å². The second-order valence-corrected chi connectivity index (χ2v) is 7.37. The molecule has 0 unspecified atom stereocenters. The number of carbonyl (C=O) groups is 1. The van der Waals surface area contributed by atoms with Crippen molar-refractivity contribution in [1.82, 2.24) is 0 Å². The van der Waals surface area contributed by atoms with Gasteiger partial charge in [-0.25, -0.2) is 0 Å². The molecule has 0 saturated heterocycles. The SMILES string of the molecule is CC[C@]1(N)C[C@H]1c1cccc(NC(=O)c2ccc(-c3ccccc3)cc2)c1.Cl. The average molecular weight is 393 g/mol. The van der Waals surface area contributed by atoms with Gasteiger partial charge in [-0.05, 0) is 53.8 Å². The van der Waals surface area contributed by atoms with Crippen molar-refractivity contribution in [3.63, 3.8) is 0 Å². The number of amides is 1. The Balaban J connectivity index is 0.00000225. The maximum atomic E-state index is 12.6. The third-order valence-corrected chi connectivity index (χ3v) is 5.58. The fourth-order valence-electron chi connectivity index (χ4n) is 3.64. The van der Waals surface area contributed by atoms with Crippen molar-refractivity contribution < 1.29 is 4.79 Å². The third-order valence-electron chi connectivity index (χ3n) is 5.58. The highest BCUT2D eigenvalue weighted by Crippen LogP contribution is 2.51. The molecule has 3 N–H and O–H groups in total. The zero-order valence-electron chi connectivity index (χ0n) is 15.9. The van der Waals surface area contributed by atoms with E-state index in [2.05, 4.69) is 30.4 Å². The molecule has 0 heterocycles. The molecule has 2 atom stereocenters. The summed E-state index contributed by atoms with van der Waals surface area (Å²) in [5, 5.41) is 3.01. The van der Waals surface area contributed by atoms with Gasteiger partial charge in [0.2, 0.25) is 0 Å². The average Bonchev–Trinajstić information content (AvgIpc) is 3.41. The fourth-order valence-corrected chi connectivity index (χ4v) is 3.64. The molecule has 4 rings (SSSR count). The number of hydrogen-bond donors (Lipinski definition) is 2. The summed E-state index contributed by atoms with van der Waals surface area (Å²) in [6.07, 6.45) is 1.99. The standard InChI is InChI=1S/C24H24N2O.ClH/c1-2-24(25)16-22(24)20-9-6-10-21(15-20)26-23(27)19-13-11-18(12-14-19)17-7-4-3-5-8-17;/h3-15,22H,2,16,25H2,1H3,(H,26,27);1H/t22-,24-;/m0./s1. The molecule has 1 fully saturated rings. The quantitative estimate of drug-likeness (QED) is 0.591. The van der Waals surface area contributed by atoms with Crippen LogP contribution in [0.5, 0.6) is 0 Å². The van der Waals surface area contributed by atoms with Gasteiger partial charge in [0, 0.05) is 22.7 Å². The molecule has 3 nitrogen and oxygen atoms in total. The van der Waals surface area contributed by atoms with Gasteiger partial charge in [-0.3, -0.25) is 4.79 Å². The van der Waals surface area contributed by atoms with E-state index in [1.807, 2.05) is 60.7 Å². The minimum Gasteiger partial charge on any atom is -0.325 e. The summed E-state index contributed by atoms with van der Waals surface area (Å²) in [4.78, 5) is 12.6. The first-order valence-electron chi connectivity index (χ1n) is 9.45. The Morgan fingerprint density at radius 1 is 1.00 bits per heavy atom. The number of halogens is 1. The van der Waals surface area contributed by atoms with Gasteiger partial charge in [0.25, 0.3) is 5.91 Å². The summed E-state index contributed by atoms with van der Waals surface area (Å²) in [7, 11) is 0. The first-order valence-corrected chi connectivity index (χ1v) is 9.45. The predicted molar refractivity (Wildman–Crippen MR) is 118 cm³/mol. The number of anilines is 1. The second kappa shape index (κ2) is 8.17. The van der Waals surface area contributed by atoms with Crippen LogP contribution in [0.2, 0.25) is 0 Å². The van der Waals surface area contributed by atoms with Crippen LogP contribution < -0.4 is 11.1 Å². The lowest BCUT2D eigenvalue weighted by Crippen LogP contribution is -2.22. The van der Waals surface area contributed by atoms with Crippen LogP contribution in [0.3, 0.4) is 0 Å². The minimum atomic E-state index is -0.0999. The van der Waals surface area contributed by atoms with E-state index >= 15 is 0 Å². The Morgan fingerprint density at radius 3 is 2.32 bits per heavy atom. The van der Waals surface area contributed by atoms with Crippen LogP contribution in [0.1, 0.15) is 41.6 Å². The van der Waals surface area contributed by atoms with Gasteiger partial charge in [0.15, 0.2) is 0 Å². The van der Waals surface area contributed by atoms with E-state index in [1.165, 1.54) is 5.56 Å². The highest BCUT2D eigenvalue weighted by molar-refractivity contribution is 6.04. The predicted octanol–water partition coefficient (Wildman–Crippen LogP) is 5.62. The molecule has 3 aromatic rings. The Labute approximate surface area is 172 Å². The maximum absolute atomic E-state index is 12.6. The van der Waals surface area contributed by atoms with Crippen LogP contribution in [0, 0.1) is 0 Å². The van der Waals surface area contributed by atoms with Gasteiger partial charge in [0.05, 0.1) is 0 Å². The highest BCUT2D eigenvalue weighted by atomic mass is 35.5. The molecule has 1 aliphatic carbocycles. The van der Waals surface area contributed by atoms with Gasteiger partial charge in [-0.2, -0.15) is 0 Å². The van der Waals surface area contributed by atoms with E-state index in [9.17, 15) is 4.79 Å². The fraction of sp³-hybridized carbons (Fsp3) is 0.208. The second-order valence-electron chi connectivity index (χ2n) is 7.37. The van der Waals surface area contributed by atoms with Crippen LogP contribution >= 0.6 is 12.4 Å². The first-order chi connectivity index (χ1) is 13.1. The zero-order valence-corrected chi connectivity index (χ0v) is 16.7. The number of benzene rings is 3. The van der Waals surface area contributed by atoms with Crippen LogP contribution in [0.25, 0.3) is 11.1 Å². The topological polar surface area (TPSA) is 55.1 Å². The molecule has 28 heavy (non-hydrogen) atoms. The number of nitrogens with one attached hydrogen (secondary N) is 1. The molecule has 144 valence electrons. The molecule has 3 aromatic carbocycles. The van der Waals surface area contributed by atoms with E-state index in [0.29, 0.717) is 11.5 Å². The Morgan fingerprint density at radius 2 is 1.68 bits per heavy atom. The summed E-state index contributed by atoms with van der Waals surface area (Å²) in [5.41, 5.74) is 11.2. The molecule has 0 aliphatic heterocycles. The normalized spacial score (nSPS) is 20.1. The third kappa shape index (κ3) is 4.11. The van der Waals surface area contributed by atoms with E-state index in [4.69, 9.17) is 5.73 Å². The molecule has 0 spiro atoms. The van der Waals surface area contributed by atoms with E-state index < -0.39 is 0 Å². The van der Waals surface area contributed by atoms with Gasteiger partial charge in [-0.1, -0.05) is 61.5 Å². The number of hydrogen-bond acceptors (Lipinski definition) is 2. The Bertz CT molecular complexity index is 956. The Kier molecular flexibility index (Phi) is 5.87. The van der Waals surface area contributed by atoms with Crippen molar-refractivity contribution in [2.45, 2.75) is 31.2 Å². The monoisotopic (exact) mass is 392 g/mol. The van der Waals surface area contributed by atoms with Crippen molar-refractivity contribution in [2.75, 3.05) is 5.32 Å². The first kappa shape index (κ1) is 20.1. The van der Waals surface area contributed by atoms with E-state index in [0.717, 1.165) is 29.7 Å². The molecule has 0 bridgehead atoms. The van der Waals surface area contributed by atoms with Crippen LogP contribution in [0.4, 0.5) is 5.69 Å². The number of rotatable bonds is 5. The van der Waals surface area contributed by atoms with E-state index in [1.54, 1.807) is 0 Å². The van der Waals surface area contributed by atoms with Gasteiger partial charge >= 0.3 is 0 Å². The molecule has 4 heteroatoms. The summed E-state index contributed by atoms with van der Waals surface area (Å²) < 4.78 is 0. The number of nitrogens with two attached hydrogens (primary N) is 1. The maximum Gasteiger partial charge on any atom is 0.255 e. The van der Waals surface area contributed by atoms with Crippen LogP contribution in [-0.2, 0) is 0 Å². The molecule has 1 aliphatic rings. The zero-order chi connectivity index (χ0) is 18.9. The molecule has 0 radical (unpaired) electrons. The molecule has 1 amide bonds. The molecule has 1 saturated carbocycles. The molecule has 0 aromatic heterocycles. The van der Waals surface area contributed by atoms with E-state index in [-0.39, 0.29) is 23.9 Å². The Hall–Kier alpha value is -2.62. The van der Waals surface area contributed by atoms with Crippen molar-refractivity contribution in [3.8, 4) is 11.1 Å². The van der Waals surface area contributed by atoms with Gasteiger partial charge in [-0.15, -0.1) is 12.4 Å². The minimum absolute atomic E-state index is 0. The van der Waals surface area contributed by atoms with Gasteiger partial charge in [0.1, 0.15) is 0 Å². The highest BCUT2D eigenvalue weighted by Gasteiger charge is 2.49. The van der Waals surface area contributed by atoms with Crippen molar-refractivity contribution in [1.29, 1.82) is 0 Å². The lowest BCUT2D eigenvalue weighted by molar-refractivity contribution is 0.102. The molecular weight excluding hydrogens is 368 g/mol. The molecular formula is C24H25ClN2O.